The van der Waals surface area contributed by atoms with Crippen LogP contribution in [0.2, 0.25) is 0 Å². The van der Waals surface area contributed by atoms with Crippen molar-refractivity contribution in [2.75, 3.05) is 13.4 Å². The van der Waals surface area contributed by atoms with E-state index in [0.717, 1.165) is 25.1 Å². The molecule has 0 aliphatic heterocycles. The lowest BCUT2D eigenvalue weighted by Crippen LogP contribution is -2.22. The number of fused-ring (bicyclic) bond motifs is 1. The van der Waals surface area contributed by atoms with Crippen molar-refractivity contribution in [3.63, 3.8) is 0 Å². The molecule has 0 fully saturated rings. The average molecular weight is 465 g/mol. The van der Waals surface area contributed by atoms with Gasteiger partial charge in [0.15, 0.2) is 4.80 Å². The van der Waals surface area contributed by atoms with Crippen LogP contribution in [0.15, 0.2) is 56.8 Å². The third-order valence-electron chi connectivity index (χ3n) is 3.89. The molecule has 0 saturated carbocycles. The number of benzene rings is 2. The highest BCUT2D eigenvalue weighted by Gasteiger charge is 2.12. The van der Waals surface area contributed by atoms with Gasteiger partial charge in [-0.1, -0.05) is 39.4 Å². The molecule has 1 amide bonds. The number of thiazole rings is 1. The second-order valence-electron chi connectivity index (χ2n) is 5.69. The van der Waals surface area contributed by atoms with Crippen LogP contribution in [0.25, 0.3) is 10.2 Å². The molecule has 0 radical (unpaired) electrons. The van der Waals surface area contributed by atoms with E-state index in [1.807, 2.05) is 48.7 Å². The summed E-state index contributed by atoms with van der Waals surface area (Å²) in [6, 6.07) is 13.6. The maximum Gasteiger partial charge on any atom is 0.325 e. The third kappa shape index (κ3) is 4.88. The van der Waals surface area contributed by atoms with Crippen LogP contribution >= 0.6 is 39.0 Å². The summed E-state index contributed by atoms with van der Waals surface area (Å²) < 4.78 is 8.35. The normalized spacial score (nSPS) is 11.7. The number of ether oxygens (including phenoxy) is 1. The van der Waals surface area contributed by atoms with Gasteiger partial charge in [0.25, 0.3) is 5.91 Å². The van der Waals surface area contributed by atoms with Crippen LogP contribution in [0.3, 0.4) is 0 Å². The fourth-order valence-corrected chi connectivity index (χ4v) is 4.55. The van der Waals surface area contributed by atoms with Crippen LogP contribution in [0.4, 0.5) is 0 Å². The van der Waals surface area contributed by atoms with Crippen molar-refractivity contribution in [1.29, 1.82) is 0 Å². The number of thioether (sulfide) groups is 1. The van der Waals surface area contributed by atoms with E-state index in [1.165, 1.54) is 18.4 Å². The first-order valence-electron chi connectivity index (χ1n) is 8.06. The van der Waals surface area contributed by atoms with Gasteiger partial charge in [0.1, 0.15) is 6.54 Å². The Morgan fingerprint density at radius 1 is 1.22 bits per heavy atom. The number of rotatable bonds is 5. The van der Waals surface area contributed by atoms with Crippen LogP contribution in [0.5, 0.6) is 0 Å². The van der Waals surface area contributed by atoms with Gasteiger partial charge in [-0.25, -0.2) is 0 Å². The van der Waals surface area contributed by atoms with E-state index in [1.54, 1.807) is 16.3 Å². The summed E-state index contributed by atoms with van der Waals surface area (Å²) in [6.45, 7) is 0.00661. The van der Waals surface area contributed by atoms with E-state index in [4.69, 9.17) is 4.74 Å². The van der Waals surface area contributed by atoms with Crippen LogP contribution in [-0.2, 0) is 27.3 Å². The summed E-state index contributed by atoms with van der Waals surface area (Å²) in [5.74, 6) is -0.643. The number of hydrogen-bond donors (Lipinski definition) is 0. The Hall–Kier alpha value is -1.90. The smallest absolute Gasteiger partial charge is 0.325 e. The summed E-state index contributed by atoms with van der Waals surface area (Å²) in [7, 11) is 1.34. The Labute approximate surface area is 173 Å². The van der Waals surface area contributed by atoms with E-state index >= 15 is 0 Å². The zero-order valence-electron chi connectivity index (χ0n) is 14.8. The maximum atomic E-state index is 12.5. The van der Waals surface area contributed by atoms with Crippen molar-refractivity contribution >= 4 is 61.1 Å². The molecule has 27 heavy (non-hydrogen) atoms. The van der Waals surface area contributed by atoms with Gasteiger partial charge in [-0.15, -0.1) is 11.8 Å². The van der Waals surface area contributed by atoms with Gasteiger partial charge in [0.2, 0.25) is 0 Å². The standard InChI is InChI=1S/C19H17BrN2O3S2/c1-25-18(24)11-22-15-8-5-13(20)10-16(15)27-19(22)21-17(23)9-12-3-6-14(26-2)7-4-12/h3-8,10H,9,11H2,1-2H3. The molecule has 8 heteroatoms. The molecule has 140 valence electrons. The monoisotopic (exact) mass is 464 g/mol. The average Bonchev–Trinajstić information content (AvgIpc) is 2.98. The highest BCUT2D eigenvalue weighted by atomic mass is 79.9. The fraction of sp³-hybridized carbons (Fsp3) is 0.211. The lowest BCUT2D eigenvalue weighted by molar-refractivity contribution is -0.141. The Morgan fingerprint density at radius 2 is 1.96 bits per heavy atom. The van der Waals surface area contributed by atoms with Crippen molar-refractivity contribution in [3.05, 3.63) is 57.3 Å². The molecule has 1 heterocycles. The Bertz CT molecular complexity index is 1050. The lowest BCUT2D eigenvalue weighted by atomic mass is 10.1. The molecular weight excluding hydrogens is 448 g/mol. The second kappa shape index (κ2) is 8.86. The molecule has 0 atom stereocenters. The highest BCUT2D eigenvalue weighted by molar-refractivity contribution is 9.10. The number of esters is 1. The zero-order valence-corrected chi connectivity index (χ0v) is 18.0. The molecule has 0 N–H and O–H groups in total. The molecule has 0 unspecified atom stereocenters. The molecule has 3 aromatic rings. The predicted octanol–water partition coefficient (Wildman–Crippen LogP) is 4.03. The molecule has 0 saturated heterocycles. The van der Waals surface area contributed by atoms with E-state index in [-0.39, 0.29) is 24.8 Å². The zero-order chi connectivity index (χ0) is 19.4. The molecular formula is C19H17BrN2O3S2. The Kier molecular flexibility index (Phi) is 6.51. The molecule has 0 spiro atoms. The minimum absolute atomic E-state index is 0.00661. The Morgan fingerprint density at radius 3 is 2.63 bits per heavy atom. The van der Waals surface area contributed by atoms with E-state index in [2.05, 4.69) is 20.9 Å². The molecule has 2 aromatic carbocycles. The first-order chi connectivity index (χ1) is 13.0. The molecule has 5 nitrogen and oxygen atoms in total. The highest BCUT2D eigenvalue weighted by Crippen LogP contribution is 2.22. The van der Waals surface area contributed by atoms with Crippen LogP contribution < -0.4 is 4.80 Å². The van der Waals surface area contributed by atoms with Crippen molar-refractivity contribution in [2.24, 2.45) is 4.99 Å². The number of nitrogens with zero attached hydrogens (tertiary/aromatic N) is 2. The predicted molar refractivity (Wildman–Crippen MR) is 112 cm³/mol. The minimum Gasteiger partial charge on any atom is -0.468 e. The third-order valence-corrected chi connectivity index (χ3v) is 6.17. The Balaban J connectivity index is 1.96. The van der Waals surface area contributed by atoms with Gasteiger partial charge in [-0.05, 0) is 42.2 Å². The van der Waals surface area contributed by atoms with Crippen molar-refractivity contribution < 1.29 is 14.3 Å². The number of amides is 1. The second-order valence-corrected chi connectivity index (χ2v) is 8.49. The quantitative estimate of drug-likeness (QED) is 0.422. The van der Waals surface area contributed by atoms with Crippen molar-refractivity contribution in [1.82, 2.24) is 4.57 Å². The number of methoxy groups -OCH3 is 1. The summed E-state index contributed by atoms with van der Waals surface area (Å²) in [5, 5.41) is 0. The summed E-state index contributed by atoms with van der Waals surface area (Å²) in [5.41, 5.74) is 1.74. The number of halogens is 1. The van der Waals surface area contributed by atoms with Crippen molar-refractivity contribution in [3.8, 4) is 0 Å². The topological polar surface area (TPSA) is 60.7 Å². The SMILES string of the molecule is COC(=O)Cn1c(=NC(=O)Cc2ccc(SC)cc2)sc2cc(Br)ccc21. The van der Waals surface area contributed by atoms with E-state index in [0.29, 0.717) is 4.80 Å². The number of aromatic nitrogens is 1. The number of carbonyl (C=O) groups is 2. The molecule has 3 rings (SSSR count). The minimum atomic E-state index is -0.390. The van der Waals surface area contributed by atoms with Gasteiger partial charge in [-0.2, -0.15) is 4.99 Å². The first kappa shape index (κ1) is 19.9. The number of hydrogen-bond acceptors (Lipinski definition) is 5. The van der Waals surface area contributed by atoms with Gasteiger partial charge < -0.3 is 9.30 Å². The summed E-state index contributed by atoms with van der Waals surface area (Å²) >= 11 is 6.47. The van der Waals surface area contributed by atoms with Gasteiger partial charge in [-0.3, -0.25) is 9.59 Å². The molecule has 0 bridgehead atoms. The van der Waals surface area contributed by atoms with E-state index < -0.39 is 0 Å². The maximum absolute atomic E-state index is 12.5. The van der Waals surface area contributed by atoms with Gasteiger partial charge >= 0.3 is 5.97 Å². The van der Waals surface area contributed by atoms with Crippen LogP contribution in [-0.4, -0.2) is 29.8 Å². The van der Waals surface area contributed by atoms with Gasteiger partial charge in [0, 0.05) is 9.37 Å². The summed E-state index contributed by atoms with van der Waals surface area (Å²) in [6.07, 6.45) is 2.22. The molecule has 1 aromatic heterocycles. The van der Waals surface area contributed by atoms with Gasteiger partial charge in [0.05, 0.1) is 23.7 Å². The van der Waals surface area contributed by atoms with Crippen LogP contribution in [0, 0.1) is 0 Å². The first-order valence-corrected chi connectivity index (χ1v) is 10.9. The number of carbonyl (C=O) groups excluding carboxylic acids is 2. The van der Waals surface area contributed by atoms with E-state index in [9.17, 15) is 9.59 Å². The molecule has 0 aliphatic carbocycles. The summed E-state index contributed by atoms with van der Waals surface area (Å²) in [4.78, 5) is 30.2. The lowest BCUT2D eigenvalue weighted by Gasteiger charge is -2.04. The van der Waals surface area contributed by atoms with Crippen LogP contribution in [0.1, 0.15) is 5.56 Å². The molecule has 0 aliphatic rings. The fourth-order valence-electron chi connectivity index (χ4n) is 2.54. The van der Waals surface area contributed by atoms with Crippen molar-refractivity contribution in [2.45, 2.75) is 17.9 Å². The largest absolute Gasteiger partial charge is 0.468 e.